The van der Waals surface area contributed by atoms with Crippen LogP contribution in [0.5, 0.6) is 0 Å². The average molecular weight is 272 g/mol. The largest absolute Gasteiger partial charge is 0.480 e. The Labute approximate surface area is 114 Å². The first kappa shape index (κ1) is 17.4. The molecule has 0 bridgehead atoms. The fourth-order valence-electron chi connectivity index (χ4n) is 1.57. The number of urea groups is 1. The molecule has 19 heavy (non-hydrogen) atoms. The van der Waals surface area contributed by atoms with Crippen molar-refractivity contribution in [3.8, 4) is 0 Å². The molecule has 110 valence electrons. The van der Waals surface area contributed by atoms with Gasteiger partial charge in [0.1, 0.15) is 6.04 Å². The number of nitrogens with one attached hydrogen (secondary N) is 1. The van der Waals surface area contributed by atoms with E-state index in [-0.39, 0.29) is 5.92 Å². The van der Waals surface area contributed by atoms with Gasteiger partial charge in [0.05, 0.1) is 6.61 Å². The van der Waals surface area contributed by atoms with Crippen LogP contribution in [-0.2, 0) is 9.53 Å². The number of methoxy groups -OCH3 is 1. The molecule has 0 fully saturated rings. The lowest BCUT2D eigenvalue weighted by molar-refractivity contribution is -0.139. The number of carboxylic acid groups (broad SMARTS) is 1. The Morgan fingerprint density at radius 1 is 1.47 bits per heavy atom. The minimum absolute atomic E-state index is 0.188. The second-order valence-corrected chi connectivity index (χ2v) is 4.70. The van der Waals surface area contributed by atoms with Crippen LogP contribution in [0.2, 0.25) is 0 Å². The molecule has 0 unspecified atom stereocenters. The Morgan fingerprint density at radius 2 is 2.11 bits per heavy atom. The van der Waals surface area contributed by atoms with Crippen LogP contribution in [0.3, 0.4) is 0 Å². The molecule has 0 radical (unpaired) electrons. The van der Waals surface area contributed by atoms with Gasteiger partial charge in [-0.3, -0.25) is 0 Å². The van der Waals surface area contributed by atoms with Crippen LogP contribution in [0.1, 0.15) is 20.3 Å². The number of carboxylic acids is 1. The standard InChI is InChI=1S/C13H24N2O4/c1-5-6-15(7-8-19-4)13(18)14-11(12(16)17)9-10(2)3/h5,10-11H,1,6-9H2,2-4H3,(H,14,18)(H,16,17)/t11-/m1/s1. The highest BCUT2D eigenvalue weighted by Crippen LogP contribution is 2.05. The summed E-state index contributed by atoms with van der Waals surface area (Å²) in [7, 11) is 1.54. The number of carbonyl (C=O) groups is 2. The van der Waals surface area contributed by atoms with Gasteiger partial charge in [-0.05, 0) is 12.3 Å². The van der Waals surface area contributed by atoms with E-state index in [0.717, 1.165) is 0 Å². The van der Waals surface area contributed by atoms with E-state index in [4.69, 9.17) is 9.84 Å². The molecule has 6 heteroatoms. The topological polar surface area (TPSA) is 78.9 Å². The molecule has 0 aromatic carbocycles. The summed E-state index contributed by atoms with van der Waals surface area (Å²) in [5.74, 6) is -0.833. The van der Waals surface area contributed by atoms with E-state index < -0.39 is 18.0 Å². The highest BCUT2D eigenvalue weighted by molar-refractivity contribution is 5.82. The summed E-state index contributed by atoms with van der Waals surface area (Å²) >= 11 is 0. The molecule has 0 aromatic rings. The van der Waals surface area contributed by atoms with Crippen molar-refractivity contribution < 1.29 is 19.4 Å². The van der Waals surface area contributed by atoms with Gasteiger partial charge in [-0.25, -0.2) is 9.59 Å². The summed E-state index contributed by atoms with van der Waals surface area (Å²) in [5.41, 5.74) is 0. The molecular formula is C13H24N2O4. The van der Waals surface area contributed by atoms with Crippen molar-refractivity contribution in [1.82, 2.24) is 10.2 Å². The molecule has 0 rings (SSSR count). The number of hydrogen-bond donors (Lipinski definition) is 2. The van der Waals surface area contributed by atoms with Crippen molar-refractivity contribution in [2.75, 3.05) is 26.8 Å². The van der Waals surface area contributed by atoms with E-state index in [1.165, 1.54) is 4.90 Å². The molecule has 0 aliphatic heterocycles. The monoisotopic (exact) mass is 272 g/mol. The smallest absolute Gasteiger partial charge is 0.326 e. The Kier molecular flexibility index (Phi) is 8.61. The molecule has 2 N–H and O–H groups in total. The minimum atomic E-state index is -1.02. The summed E-state index contributed by atoms with van der Waals surface area (Å²) in [6.07, 6.45) is 1.99. The van der Waals surface area contributed by atoms with Crippen LogP contribution >= 0.6 is 0 Å². The van der Waals surface area contributed by atoms with Gasteiger partial charge < -0.3 is 20.1 Å². The third kappa shape index (κ3) is 7.46. The third-order valence-electron chi connectivity index (χ3n) is 2.50. The number of amides is 2. The highest BCUT2D eigenvalue weighted by atomic mass is 16.5. The van der Waals surface area contributed by atoms with Crippen LogP contribution in [0.25, 0.3) is 0 Å². The maximum absolute atomic E-state index is 12.0. The Hall–Kier alpha value is -1.56. The first-order valence-electron chi connectivity index (χ1n) is 6.30. The second kappa shape index (κ2) is 9.38. The maximum atomic E-state index is 12.0. The molecule has 6 nitrogen and oxygen atoms in total. The number of nitrogens with zero attached hydrogens (tertiary/aromatic N) is 1. The molecule has 0 aliphatic carbocycles. The first-order valence-corrected chi connectivity index (χ1v) is 6.30. The SMILES string of the molecule is C=CCN(CCOC)C(=O)N[C@H](CC(C)C)C(=O)O. The van der Waals surface area contributed by atoms with Crippen LogP contribution in [0.15, 0.2) is 12.7 Å². The third-order valence-corrected chi connectivity index (χ3v) is 2.50. The van der Waals surface area contributed by atoms with E-state index in [1.54, 1.807) is 13.2 Å². The Morgan fingerprint density at radius 3 is 2.53 bits per heavy atom. The normalized spacial score (nSPS) is 12.0. The molecule has 0 saturated carbocycles. The Bertz CT molecular complexity index is 305. The predicted molar refractivity (Wildman–Crippen MR) is 73.1 cm³/mol. The number of rotatable bonds is 9. The second-order valence-electron chi connectivity index (χ2n) is 4.70. The van der Waals surface area contributed by atoms with E-state index in [0.29, 0.717) is 26.1 Å². The maximum Gasteiger partial charge on any atom is 0.326 e. The van der Waals surface area contributed by atoms with Crippen LogP contribution in [0.4, 0.5) is 4.79 Å². The van der Waals surface area contributed by atoms with E-state index in [9.17, 15) is 9.59 Å². The van der Waals surface area contributed by atoms with Crippen LogP contribution in [-0.4, -0.2) is 54.9 Å². The van der Waals surface area contributed by atoms with Gasteiger partial charge in [-0.1, -0.05) is 19.9 Å². The molecule has 0 aliphatic rings. The first-order chi connectivity index (χ1) is 8.92. The van der Waals surface area contributed by atoms with Crippen LogP contribution < -0.4 is 5.32 Å². The summed E-state index contributed by atoms with van der Waals surface area (Å²) in [6.45, 7) is 8.53. The zero-order valence-electron chi connectivity index (χ0n) is 11.9. The predicted octanol–water partition coefficient (Wildman–Crippen LogP) is 1.33. The fraction of sp³-hybridized carbons (Fsp3) is 0.692. The number of aliphatic carboxylic acids is 1. The molecule has 0 saturated heterocycles. The van der Waals surface area contributed by atoms with Crippen LogP contribution in [0, 0.1) is 5.92 Å². The quantitative estimate of drug-likeness (QED) is 0.621. The number of hydrogen-bond acceptors (Lipinski definition) is 3. The number of carbonyl (C=O) groups excluding carboxylic acids is 1. The van der Waals surface area contributed by atoms with E-state index in [1.807, 2.05) is 13.8 Å². The van der Waals surface area contributed by atoms with Crippen molar-refractivity contribution in [2.45, 2.75) is 26.3 Å². The summed E-state index contributed by atoms with van der Waals surface area (Å²) in [6, 6.07) is -1.28. The molecule has 0 aromatic heterocycles. The number of ether oxygens (including phenoxy) is 1. The molecular weight excluding hydrogens is 248 g/mol. The Balaban J connectivity index is 4.55. The lowest BCUT2D eigenvalue weighted by Crippen LogP contribution is -2.49. The molecule has 1 atom stereocenters. The zero-order chi connectivity index (χ0) is 14.8. The fourth-order valence-corrected chi connectivity index (χ4v) is 1.57. The van der Waals surface area contributed by atoms with E-state index in [2.05, 4.69) is 11.9 Å². The van der Waals surface area contributed by atoms with E-state index >= 15 is 0 Å². The highest BCUT2D eigenvalue weighted by Gasteiger charge is 2.23. The van der Waals surface area contributed by atoms with Gasteiger partial charge in [0.2, 0.25) is 0 Å². The lowest BCUT2D eigenvalue weighted by atomic mass is 10.0. The molecule has 2 amide bonds. The van der Waals surface area contributed by atoms with Gasteiger partial charge in [0, 0.05) is 20.2 Å². The summed E-state index contributed by atoms with van der Waals surface area (Å²) < 4.78 is 4.91. The molecule has 0 heterocycles. The van der Waals surface area contributed by atoms with Gasteiger partial charge in [0.25, 0.3) is 0 Å². The van der Waals surface area contributed by atoms with Crippen molar-refractivity contribution >= 4 is 12.0 Å². The van der Waals surface area contributed by atoms with Crippen molar-refractivity contribution in [3.05, 3.63) is 12.7 Å². The van der Waals surface area contributed by atoms with Gasteiger partial charge >= 0.3 is 12.0 Å². The van der Waals surface area contributed by atoms with Crippen molar-refractivity contribution in [3.63, 3.8) is 0 Å². The van der Waals surface area contributed by atoms with Gasteiger partial charge in [-0.2, -0.15) is 0 Å². The average Bonchev–Trinajstić information content (AvgIpc) is 2.32. The van der Waals surface area contributed by atoms with Crippen molar-refractivity contribution in [1.29, 1.82) is 0 Å². The van der Waals surface area contributed by atoms with Gasteiger partial charge in [-0.15, -0.1) is 6.58 Å². The van der Waals surface area contributed by atoms with Crippen molar-refractivity contribution in [2.24, 2.45) is 5.92 Å². The molecule has 0 spiro atoms. The zero-order valence-corrected chi connectivity index (χ0v) is 11.9. The minimum Gasteiger partial charge on any atom is -0.480 e. The lowest BCUT2D eigenvalue weighted by Gasteiger charge is -2.24. The summed E-state index contributed by atoms with van der Waals surface area (Å²) in [5, 5.41) is 11.6. The van der Waals surface area contributed by atoms with Gasteiger partial charge in [0.15, 0.2) is 0 Å². The summed E-state index contributed by atoms with van der Waals surface area (Å²) in [4.78, 5) is 24.5.